The van der Waals surface area contributed by atoms with Crippen LogP contribution in [0.3, 0.4) is 0 Å². The minimum absolute atomic E-state index is 0.0644. The lowest BCUT2D eigenvalue weighted by Gasteiger charge is -2.38. The lowest BCUT2D eigenvalue weighted by molar-refractivity contribution is -0.138. The van der Waals surface area contributed by atoms with Gasteiger partial charge in [0.1, 0.15) is 6.04 Å². The van der Waals surface area contributed by atoms with Crippen LogP contribution in [0.2, 0.25) is 0 Å². The Labute approximate surface area is 139 Å². The Morgan fingerprint density at radius 1 is 1.22 bits per heavy atom. The van der Waals surface area contributed by atoms with E-state index in [4.69, 9.17) is 0 Å². The van der Waals surface area contributed by atoms with Crippen LogP contribution in [0.4, 0.5) is 0 Å². The molecule has 2 atom stereocenters. The summed E-state index contributed by atoms with van der Waals surface area (Å²) in [6, 6.07) is 8.93. The molecule has 1 aromatic carbocycles. The number of likely N-dealkylation sites (tertiary alicyclic amines) is 1. The lowest BCUT2D eigenvalue weighted by Crippen LogP contribution is -2.55. The molecule has 2 rings (SSSR count). The summed E-state index contributed by atoms with van der Waals surface area (Å²) in [4.78, 5) is 27.4. The maximum atomic E-state index is 13.0. The van der Waals surface area contributed by atoms with Gasteiger partial charge in [-0.15, -0.1) is 0 Å². The third kappa shape index (κ3) is 4.34. The molecule has 1 aliphatic heterocycles. The Morgan fingerprint density at radius 3 is 2.52 bits per heavy atom. The van der Waals surface area contributed by atoms with Crippen LogP contribution in [0.15, 0.2) is 30.3 Å². The molecule has 4 nitrogen and oxygen atoms in total. The van der Waals surface area contributed by atoms with Crippen molar-refractivity contribution < 1.29 is 9.59 Å². The Balaban J connectivity index is 2.11. The predicted molar refractivity (Wildman–Crippen MR) is 92.2 cm³/mol. The fourth-order valence-corrected chi connectivity index (χ4v) is 3.22. The Bertz CT molecular complexity index is 527. The molecule has 0 bridgehead atoms. The van der Waals surface area contributed by atoms with Crippen molar-refractivity contribution in [1.29, 1.82) is 0 Å². The van der Waals surface area contributed by atoms with E-state index in [1.807, 2.05) is 36.9 Å². The van der Waals surface area contributed by atoms with Crippen molar-refractivity contribution in [2.45, 2.75) is 58.5 Å². The summed E-state index contributed by atoms with van der Waals surface area (Å²) in [5.74, 6) is -0.0480. The zero-order valence-corrected chi connectivity index (χ0v) is 14.4. The summed E-state index contributed by atoms with van der Waals surface area (Å²) in [6.07, 6.45) is 4.29. The summed E-state index contributed by atoms with van der Waals surface area (Å²) in [5, 5.41) is 2.94. The molecule has 126 valence electrons. The highest BCUT2D eigenvalue weighted by atomic mass is 16.2. The maximum absolute atomic E-state index is 13.0. The number of nitrogens with one attached hydrogen (secondary N) is 1. The number of nitrogens with zero attached hydrogens (tertiary/aromatic N) is 1. The third-order valence-electron chi connectivity index (χ3n) is 4.64. The van der Waals surface area contributed by atoms with Gasteiger partial charge in [0.05, 0.1) is 0 Å². The molecule has 1 aliphatic rings. The molecule has 2 unspecified atom stereocenters. The van der Waals surface area contributed by atoms with E-state index >= 15 is 0 Å². The average molecular weight is 316 g/mol. The molecule has 1 N–H and O–H groups in total. The fraction of sp³-hybridized carbons (Fsp3) is 0.579. The number of amides is 2. The quantitative estimate of drug-likeness (QED) is 0.906. The van der Waals surface area contributed by atoms with Gasteiger partial charge >= 0.3 is 0 Å². The molecule has 0 radical (unpaired) electrons. The number of benzene rings is 1. The monoisotopic (exact) mass is 316 g/mol. The van der Waals surface area contributed by atoms with Crippen molar-refractivity contribution in [2.24, 2.45) is 5.92 Å². The molecular formula is C19H28N2O2. The number of piperidine rings is 1. The molecule has 0 aliphatic carbocycles. The van der Waals surface area contributed by atoms with E-state index in [0.29, 0.717) is 11.6 Å². The molecule has 0 aromatic heterocycles. The second kappa shape index (κ2) is 8.14. The number of carbonyl (C=O) groups is 2. The average Bonchev–Trinajstić information content (AvgIpc) is 2.59. The van der Waals surface area contributed by atoms with E-state index in [9.17, 15) is 9.59 Å². The molecule has 1 fully saturated rings. The van der Waals surface area contributed by atoms with Gasteiger partial charge < -0.3 is 10.2 Å². The maximum Gasteiger partial charge on any atom is 0.251 e. The number of hydrogen-bond acceptors (Lipinski definition) is 2. The smallest absolute Gasteiger partial charge is 0.251 e. The normalized spacial score (nSPS) is 19.5. The molecule has 23 heavy (non-hydrogen) atoms. The molecule has 1 aromatic rings. The summed E-state index contributed by atoms with van der Waals surface area (Å²) in [6.45, 7) is 6.91. The van der Waals surface area contributed by atoms with E-state index in [-0.39, 0.29) is 17.7 Å². The minimum Gasteiger partial charge on any atom is -0.340 e. The Hall–Kier alpha value is -1.84. The summed E-state index contributed by atoms with van der Waals surface area (Å²) in [7, 11) is 0. The summed E-state index contributed by atoms with van der Waals surface area (Å²) in [5.41, 5.74) is 0.594. The van der Waals surface area contributed by atoms with Crippen molar-refractivity contribution in [3.8, 4) is 0 Å². The highest BCUT2D eigenvalue weighted by Gasteiger charge is 2.33. The predicted octanol–water partition coefficient (Wildman–Crippen LogP) is 3.23. The van der Waals surface area contributed by atoms with E-state index in [2.05, 4.69) is 12.2 Å². The second-order valence-electron chi connectivity index (χ2n) is 6.65. The highest BCUT2D eigenvalue weighted by Crippen LogP contribution is 2.21. The lowest BCUT2D eigenvalue weighted by atomic mass is 9.96. The zero-order valence-electron chi connectivity index (χ0n) is 14.4. The van der Waals surface area contributed by atoms with Crippen molar-refractivity contribution in [2.75, 3.05) is 6.54 Å². The molecule has 1 heterocycles. The van der Waals surface area contributed by atoms with Crippen LogP contribution in [-0.2, 0) is 4.79 Å². The van der Waals surface area contributed by atoms with Crippen LogP contribution in [-0.4, -0.2) is 35.3 Å². The van der Waals surface area contributed by atoms with Crippen LogP contribution in [0.25, 0.3) is 0 Å². The van der Waals surface area contributed by atoms with Crippen molar-refractivity contribution >= 4 is 11.8 Å². The molecular weight excluding hydrogens is 288 g/mol. The topological polar surface area (TPSA) is 49.4 Å². The van der Waals surface area contributed by atoms with Gasteiger partial charge in [0.25, 0.3) is 5.91 Å². The van der Waals surface area contributed by atoms with E-state index in [1.165, 1.54) is 6.42 Å². The minimum atomic E-state index is -0.463. The molecule has 4 heteroatoms. The standard InChI is InChI=1S/C19H28N2O2/c1-4-16-12-8-9-13-21(16)19(23)17(14(2)3)20-18(22)15-10-6-5-7-11-15/h5-7,10-11,14,16-17H,4,8-9,12-13H2,1-3H3,(H,20,22). The van der Waals surface area contributed by atoms with Gasteiger partial charge in [-0.3, -0.25) is 9.59 Å². The first-order valence-electron chi connectivity index (χ1n) is 8.71. The molecule has 1 saturated heterocycles. The zero-order chi connectivity index (χ0) is 16.8. The van der Waals surface area contributed by atoms with Crippen LogP contribution >= 0.6 is 0 Å². The van der Waals surface area contributed by atoms with Crippen LogP contribution in [0.5, 0.6) is 0 Å². The van der Waals surface area contributed by atoms with E-state index in [1.54, 1.807) is 12.1 Å². The van der Waals surface area contributed by atoms with Crippen molar-refractivity contribution in [3.63, 3.8) is 0 Å². The van der Waals surface area contributed by atoms with Crippen LogP contribution in [0, 0.1) is 5.92 Å². The van der Waals surface area contributed by atoms with Gasteiger partial charge in [0.15, 0.2) is 0 Å². The second-order valence-corrected chi connectivity index (χ2v) is 6.65. The number of hydrogen-bond donors (Lipinski definition) is 1. The Morgan fingerprint density at radius 2 is 1.91 bits per heavy atom. The molecule has 2 amide bonds. The van der Waals surface area contributed by atoms with Gasteiger partial charge in [0, 0.05) is 18.2 Å². The van der Waals surface area contributed by atoms with E-state index in [0.717, 1.165) is 25.8 Å². The summed E-state index contributed by atoms with van der Waals surface area (Å²) >= 11 is 0. The fourth-order valence-electron chi connectivity index (χ4n) is 3.22. The summed E-state index contributed by atoms with van der Waals surface area (Å²) < 4.78 is 0. The SMILES string of the molecule is CCC1CCCCN1C(=O)C(NC(=O)c1ccccc1)C(C)C. The van der Waals surface area contributed by atoms with Gasteiger partial charge in [-0.25, -0.2) is 0 Å². The van der Waals surface area contributed by atoms with E-state index < -0.39 is 6.04 Å². The molecule has 0 spiro atoms. The van der Waals surface area contributed by atoms with Crippen molar-refractivity contribution in [1.82, 2.24) is 10.2 Å². The van der Waals surface area contributed by atoms with Crippen LogP contribution < -0.4 is 5.32 Å². The van der Waals surface area contributed by atoms with Crippen LogP contribution in [0.1, 0.15) is 56.8 Å². The third-order valence-corrected chi connectivity index (χ3v) is 4.64. The van der Waals surface area contributed by atoms with Crippen molar-refractivity contribution in [3.05, 3.63) is 35.9 Å². The molecule has 0 saturated carbocycles. The first kappa shape index (κ1) is 17.5. The first-order valence-corrected chi connectivity index (χ1v) is 8.71. The number of carbonyl (C=O) groups excluding carboxylic acids is 2. The first-order chi connectivity index (χ1) is 11.0. The Kier molecular flexibility index (Phi) is 6.20. The highest BCUT2D eigenvalue weighted by molar-refractivity contribution is 5.97. The van der Waals surface area contributed by atoms with Gasteiger partial charge in [-0.05, 0) is 43.7 Å². The van der Waals surface area contributed by atoms with Gasteiger partial charge in [0.2, 0.25) is 5.91 Å². The van der Waals surface area contributed by atoms with Gasteiger partial charge in [-0.1, -0.05) is 39.0 Å². The number of rotatable bonds is 5. The van der Waals surface area contributed by atoms with Gasteiger partial charge in [-0.2, -0.15) is 0 Å². The largest absolute Gasteiger partial charge is 0.340 e.